The summed E-state index contributed by atoms with van der Waals surface area (Å²) in [5.41, 5.74) is 6.57. The van der Waals surface area contributed by atoms with Gasteiger partial charge in [0.1, 0.15) is 6.79 Å². The number of halogens is 6. The maximum Gasteiger partial charge on any atom is 0.258 e. The second kappa shape index (κ2) is 23.3. The molecule has 11 nitrogen and oxygen atoms in total. The lowest BCUT2D eigenvalue weighted by Crippen LogP contribution is -2.56. The summed E-state index contributed by atoms with van der Waals surface area (Å²) in [5.74, 6) is -8.57. The molecule has 3 fully saturated rings. The molecule has 0 aromatic heterocycles. The Balaban J connectivity index is 0.000000269. The maximum absolute atomic E-state index is 13.0. The molecule has 3 aliphatic rings. The van der Waals surface area contributed by atoms with E-state index in [9.17, 15) is 45.9 Å². The first-order chi connectivity index (χ1) is 26.5. The molecule has 3 aliphatic heterocycles. The standard InChI is InChI=1S/C13H16F2N2O2.C13H16F2N2O.C7H7NO.C5H9F2N.CH2O/c14-13(15)6-8-17(19,9-7-13)10-16-12(18)11-4-2-1-3-5-11;14-13(15)6-8-17(9-7-13)10-16-12(18)11-4-2-1-3-5-11;8-7(9)6-4-2-1-3-5-6;6-5(7)1-3-8-4-2-5;1-2/h1-5H,6-10H2,(H,16,18);1-5H,6-10H2,(H,16,18);1-5H,(H2,8,9);8H,1-4H2;1H2. The number of carbonyl (C=O) groups is 4. The number of benzene rings is 3. The van der Waals surface area contributed by atoms with Crippen molar-refractivity contribution in [3.05, 3.63) is 113 Å². The van der Waals surface area contributed by atoms with Gasteiger partial charge in [0.2, 0.25) is 5.91 Å². The molecule has 0 bridgehead atoms. The van der Waals surface area contributed by atoms with Crippen molar-refractivity contribution in [1.82, 2.24) is 20.9 Å². The van der Waals surface area contributed by atoms with Gasteiger partial charge in [-0.05, 0) is 36.4 Å². The van der Waals surface area contributed by atoms with E-state index < -0.39 is 35.3 Å². The number of likely N-dealkylation sites (tertiary alicyclic amines) is 2. The number of nitrogens with one attached hydrogen (secondary N) is 3. The number of hydroxylamine groups is 3. The largest absolute Gasteiger partial charge is 0.631 e. The van der Waals surface area contributed by atoms with Crippen LogP contribution in [0, 0.1) is 5.21 Å². The molecule has 0 spiro atoms. The van der Waals surface area contributed by atoms with Crippen LogP contribution in [-0.2, 0) is 4.79 Å². The molecule has 56 heavy (non-hydrogen) atoms. The van der Waals surface area contributed by atoms with Gasteiger partial charge in [-0.25, -0.2) is 26.3 Å². The van der Waals surface area contributed by atoms with Crippen molar-refractivity contribution < 1.29 is 50.2 Å². The predicted octanol–water partition coefficient (Wildman–Crippen LogP) is 5.83. The van der Waals surface area contributed by atoms with Crippen LogP contribution >= 0.6 is 0 Å². The third-order valence-electron chi connectivity index (χ3n) is 8.81. The van der Waals surface area contributed by atoms with Crippen molar-refractivity contribution in [3.63, 3.8) is 0 Å². The molecule has 0 radical (unpaired) electrons. The zero-order valence-electron chi connectivity index (χ0n) is 31.0. The third-order valence-corrected chi connectivity index (χ3v) is 8.81. The van der Waals surface area contributed by atoms with Crippen LogP contribution in [0.15, 0.2) is 91.0 Å². The van der Waals surface area contributed by atoms with E-state index in [4.69, 9.17) is 10.5 Å². The summed E-state index contributed by atoms with van der Waals surface area (Å²) < 4.78 is 75.4. The van der Waals surface area contributed by atoms with Crippen LogP contribution in [0.3, 0.4) is 0 Å². The van der Waals surface area contributed by atoms with Crippen LogP contribution in [0.25, 0.3) is 0 Å². The molecule has 3 aromatic carbocycles. The van der Waals surface area contributed by atoms with Gasteiger partial charge < -0.3 is 36.3 Å². The number of hydrogen-bond acceptors (Lipinski definition) is 7. The minimum Gasteiger partial charge on any atom is -0.631 e. The first kappa shape index (κ1) is 47.3. The number of carbonyl (C=O) groups excluding carboxylic acids is 4. The zero-order valence-corrected chi connectivity index (χ0v) is 31.0. The maximum atomic E-state index is 13.0. The highest BCUT2D eigenvalue weighted by Gasteiger charge is 2.39. The van der Waals surface area contributed by atoms with Crippen molar-refractivity contribution in [2.75, 3.05) is 52.6 Å². The van der Waals surface area contributed by atoms with Crippen molar-refractivity contribution in [2.45, 2.75) is 56.3 Å². The Morgan fingerprint density at radius 2 is 1.02 bits per heavy atom. The van der Waals surface area contributed by atoms with Gasteiger partial charge in [-0.3, -0.25) is 19.3 Å². The summed E-state index contributed by atoms with van der Waals surface area (Å²) >= 11 is 0. The average molecular weight is 797 g/mol. The van der Waals surface area contributed by atoms with E-state index in [2.05, 4.69) is 16.0 Å². The number of primary amides is 1. The minimum absolute atomic E-state index is 0.00694. The number of rotatable bonds is 7. The highest BCUT2D eigenvalue weighted by Crippen LogP contribution is 2.31. The fraction of sp³-hybridized carbons (Fsp3) is 0.436. The van der Waals surface area contributed by atoms with E-state index in [1.165, 1.54) is 0 Å². The summed E-state index contributed by atoms with van der Waals surface area (Å²) in [5, 5.41) is 20.2. The topological polar surface area (TPSA) is 157 Å². The van der Waals surface area contributed by atoms with Crippen molar-refractivity contribution >= 4 is 24.5 Å². The number of amides is 3. The number of piperidine rings is 3. The highest BCUT2D eigenvalue weighted by atomic mass is 19.3. The molecule has 0 saturated carbocycles. The van der Waals surface area contributed by atoms with Crippen LogP contribution in [0.5, 0.6) is 0 Å². The normalized spacial score (nSPS) is 18.8. The van der Waals surface area contributed by atoms with Crippen molar-refractivity contribution in [1.29, 1.82) is 0 Å². The summed E-state index contributed by atoms with van der Waals surface area (Å²) in [7, 11) is 0. The van der Waals surface area contributed by atoms with Crippen LogP contribution in [0.1, 0.15) is 69.6 Å². The van der Waals surface area contributed by atoms with Crippen molar-refractivity contribution in [2.24, 2.45) is 5.73 Å². The van der Waals surface area contributed by atoms with Gasteiger partial charge in [0.05, 0.1) is 32.6 Å². The Hall–Kier alpha value is -4.84. The third kappa shape index (κ3) is 18.7. The van der Waals surface area contributed by atoms with Crippen LogP contribution in [0.2, 0.25) is 0 Å². The van der Waals surface area contributed by atoms with Crippen molar-refractivity contribution in [3.8, 4) is 0 Å². The van der Waals surface area contributed by atoms with E-state index >= 15 is 0 Å². The molecule has 3 saturated heterocycles. The average Bonchev–Trinajstić information content (AvgIpc) is 3.20. The van der Waals surface area contributed by atoms with Gasteiger partial charge in [0, 0.05) is 68.6 Å². The van der Waals surface area contributed by atoms with E-state index in [-0.39, 0.29) is 63.2 Å². The SMILES string of the molecule is C=O.FC1(F)CCNCC1.NC(=O)c1ccccc1.O=C(NCN1CCC(F)(F)CC1)c1ccccc1.O=C(NC[N+]1([O-])CCC(F)(F)CC1)c1ccccc1. The first-order valence-electron chi connectivity index (χ1n) is 17.9. The van der Waals surface area contributed by atoms with Gasteiger partial charge in [-0.15, -0.1) is 0 Å². The molecule has 6 rings (SSSR count). The lowest BCUT2D eigenvalue weighted by molar-refractivity contribution is -0.890. The summed E-state index contributed by atoms with van der Waals surface area (Å²) in [4.78, 5) is 43.7. The second-order valence-corrected chi connectivity index (χ2v) is 13.2. The Bertz CT molecular complexity index is 1580. The number of quaternary nitrogens is 1. The Morgan fingerprint density at radius 1 is 0.643 bits per heavy atom. The summed E-state index contributed by atoms with van der Waals surface area (Å²) in [6.45, 7) is 3.40. The van der Waals surface area contributed by atoms with Crippen LogP contribution in [0.4, 0.5) is 26.3 Å². The Morgan fingerprint density at radius 3 is 1.39 bits per heavy atom. The van der Waals surface area contributed by atoms with Crippen LogP contribution in [-0.4, -0.2) is 104 Å². The number of hydrogen-bond donors (Lipinski definition) is 4. The second-order valence-electron chi connectivity index (χ2n) is 13.2. The molecular weight excluding hydrogens is 746 g/mol. The lowest BCUT2D eigenvalue weighted by Gasteiger charge is -2.46. The van der Waals surface area contributed by atoms with Gasteiger partial charge in [0.25, 0.3) is 29.6 Å². The number of nitrogens with two attached hydrogens (primary N) is 1. The molecule has 3 amide bonds. The first-order valence-corrected chi connectivity index (χ1v) is 17.9. The molecule has 17 heteroatoms. The highest BCUT2D eigenvalue weighted by molar-refractivity contribution is 5.94. The molecule has 0 unspecified atom stereocenters. The molecule has 0 atom stereocenters. The van der Waals surface area contributed by atoms with Gasteiger partial charge in [-0.2, -0.15) is 0 Å². The summed E-state index contributed by atoms with van der Waals surface area (Å²) in [6, 6.07) is 26.1. The molecule has 3 aromatic rings. The summed E-state index contributed by atoms with van der Waals surface area (Å²) in [6.07, 6.45) is -1.09. The van der Waals surface area contributed by atoms with Gasteiger partial charge in [-0.1, -0.05) is 54.6 Å². The zero-order chi connectivity index (χ0) is 41.7. The molecule has 308 valence electrons. The smallest absolute Gasteiger partial charge is 0.258 e. The fourth-order valence-electron chi connectivity index (χ4n) is 5.35. The number of nitrogens with zero attached hydrogens (tertiary/aromatic N) is 2. The number of alkyl halides is 6. The predicted molar refractivity (Wildman–Crippen MR) is 200 cm³/mol. The van der Waals surface area contributed by atoms with Gasteiger partial charge in [0.15, 0.2) is 6.67 Å². The van der Waals surface area contributed by atoms with E-state index in [1.807, 2.05) is 23.8 Å². The monoisotopic (exact) mass is 796 g/mol. The van der Waals surface area contributed by atoms with Gasteiger partial charge >= 0.3 is 0 Å². The Labute approximate surface area is 322 Å². The minimum atomic E-state index is -2.74. The van der Waals surface area contributed by atoms with E-state index in [1.54, 1.807) is 78.9 Å². The van der Waals surface area contributed by atoms with E-state index in [0.717, 1.165) is 0 Å². The van der Waals surface area contributed by atoms with Crippen LogP contribution < -0.4 is 21.7 Å². The molecule has 5 N–H and O–H groups in total. The molecule has 0 aliphatic carbocycles. The Kier molecular flexibility index (Phi) is 19.7. The fourth-order valence-corrected chi connectivity index (χ4v) is 5.35. The molecular formula is C39H50F6N6O5. The quantitative estimate of drug-likeness (QED) is 0.133. The van der Waals surface area contributed by atoms with E-state index in [0.29, 0.717) is 49.5 Å². The molecule has 3 heterocycles. The lowest BCUT2D eigenvalue weighted by atomic mass is 10.1.